The van der Waals surface area contributed by atoms with Crippen LogP contribution >= 0.6 is 0 Å². The molecule has 0 N–H and O–H groups in total. The zero-order chi connectivity index (χ0) is 16.9. The Morgan fingerprint density at radius 3 is 1.32 bits per heavy atom. The minimum absolute atomic E-state index is 0.714. The fraction of sp³-hybridized carbons (Fsp3) is 0.143. The standard InChI is InChI=1S/C14H8BF7/c1-3-8(16)5(12(20)7(15)9(3)17)6-13(21)10(18)4(2)11(19)14(6)22/h15H2,1-2H3. The Morgan fingerprint density at radius 1 is 0.500 bits per heavy atom. The van der Waals surface area contributed by atoms with E-state index in [-0.39, 0.29) is 0 Å². The Labute approximate surface area is 122 Å². The van der Waals surface area contributed by atoms with Gasteiger partial charge in [-0.25, -0.2) is 30.7 Å². The molecule has 2 rings (SSSR count). The topological polar surface area (TPSA) is 0 Å². The molecule has 22 heavy (non-hydrogen) atoms. The first kappa shape index (κ1) is 16.4. The smallest absolute Gasteiger partial charge is 0.170 e. The highest BCUT2D eigenvalue weighted by atomic mass is 19.2. The molecule has 116 valence electrons. The van der Waals surface area contributed by atoms with Crippen molar-refractivity contribution in [1.82, 2.24) is 0 Å². The Hall–Kier alpha value is -1.99. The highest BCUT2D eigenvalue weighted by Gasteiger charge is 2.30. The minimum atomic E-state index is -1.94. The number of benzene rings is 2. The van der Waals surface area contributed by atoms with Crippen LogP contribution in [-0.4, -0.2) is 7.85 Å². The van der Waals surface area contributed by atoms with Crippen molar-refractivity contribution >= 4 is 13.3 Å². The quantitative estimate of drug-likeness (QED) is 0.430. The minimum Gasteiger partial charge on any atom is -0.207 e. The summed E-state index contributed by atoms with van der Waals surface area (Å²) in [7, 11) is 0.914. The van der Waals surface area contributed by atoms with E-state index in [1.54, 1.807) is 0 Å². The lowest BCUT2D eigenvalue weighted by Gasteiger charge is -2.15. The normalized spacial score (nSPS) is 11.1. The highest BCUT2D eigenvalue weighted by molar-refractivity contribution is 6.33. The molecule has 2 aromatic rings. The summed E-state index contributed by atoms with van der Waals surface area (Å²) in [4.78, 5) is 0. The Bertz CT molecular complexity index is 673. The average molecular weight is 320 g/mol. The summed E-state index contributed by atoms with van der Waals surface area (Å²) in [6.07, 6.45) is 0. The summed E-state index contributed by atoms with van der Waals surface area (Å²) in [6.45, 7) is 1.69. The summed E-state index contributed by atoms with van der Waals surface area (Å²) < 4.78 is 96.6. The number of rotatable bonds is 1. The van der Waals surface area contributed by atoms with Crippen LogP contribution in [-0.2, 0) is 0 Å². The predicted molar refractivity (Wildman–Crippen MR) is 69.2 cm³/mol. The van der Waals surface area contributed by atoms with Gasteiger partial charge in [-0.05, 0) is 19.3 Å². The van der Waals surface area contributed by atoms with Crippen LogP contribution in [0.3, 0.4) is 0 Å². The lowest BCUT2D eigenvalue weighted by atomic mass is 9.87. The molecule has 0 bridgehead atoms. The zero-order valence-corrected chi connectivity index (χ0v) is 11.6. The molecule has 0 atom stereocenters. The van der Waals surface area contributed by atoms with Gasteiger partial charge in [-0.3, -0.25) is 0 Å². The molecule has 0 fully saturated rings. The van der Waals surface area contributed by atoms with Crippen LogP contribution in [0.5, 0.6) is 0 Å². The molecule has 0 radical (unpaired) electrons. The average Bonchev–Trinajstić information content (AvgIpc) is 2.50. The summed E-state index contributed by atoms with van der Waals surface area (Å²) >= 11 is 0. The lowest BCUT2D eigenvalue weighted by molar-refractivity contribution is 0.446. The van der Waals surface area contributed by atoms with Crippen molar-refractivity contribution in [2.24, 2.45) is 0 Å². The van der Waals surface area contributed by atoms with Crippen LogP contribution in [0.15, 0.2) is 0 Å². The van der Waals surface area contributed by atoms with Gasteiger partial charge in [0, 0.05) is 11.1 Å². The van der Waals surface area contributed by atoms with E-state index in [0.717, 1.165) is 21.7 Å². The number of halogens is 7. The van der Waals surface area contributed by atoms with Gasteiger partial charge in [-0.15, -0.1) is 0 Å². The molecule has 2 aromatic carbocycles. The second kappa shape index (κ2) is 5.33. The van der Waals surface area contributed by atoms with E-state index < -0.39 is 68.4 Å². The third kappa shape index (κ3) is 2.08. The van der Waals surface area contributed by atoms with Gasteiger partial charge in [-0.1, -0.05) is 0 Å². The Morgan fingerprint density at radius 2 is 0.864 bits per heavy atom. The van der Waals surface area contributed by atoms with Gasteiger partial charge in [0.2, 0.25) is 0 Å². The highest BCUT2D eigenvalue weighted by Crippen LogP contribution is 2.35. The molecule has 0 aliphatic carbocycles. The summed E-state index contributed by atoms with van der Waals surface area (Å²) in [6, 6.07) is 0. The summed E-state index contributed by atoms with van der Waals surface area (Å²) in [5.41, 5.74) is -5.27. The fourth-order valence-electron chi connectivity index (χ4n) is 2.13. The third-order valence-electron chi connectivity index (χ3n) is 3.49. The zero-order valence-electron chi connectivity index (χ0n) is 11.6. The molecule has 0 unspecified atom stereocenters. The van der Waals surface area contributed by atoms with Crippen molar-refractivity contribution in [2.75, 3.05) is 0 Å². The molecule has 0 amide bonds. The first-order chi connectivity index (χ1) is 10.1. The SMILES string of the molecule is Bc1c(F)c(C)c(F)c(-c2c(F)c(F)c(C)c(F)c2F)c1F. The van der Waals surface area contributed by atoms with E-state index in [9.17, 15) is 30.7 Å². The van der Waals surface area contributed by atoms with E-state index in [1.165, 1.54) is 0 Å². The second-order valence-electron chi connectivity index (χ2n) is 4.82. The van der Waals surface area contributed by atoms with E-state index in [2.05, 4.69) is 0 Å². The molecule has 0 saturated carbocycles. The first-order valence-corrected chi connectivity index (χ1v) is 6.07. The van der Waals surface area contributed by atoms with Crippen LogP contribution < -0.4 is 5.46 Å². The van der Waals surface area contributed by atoms with Gasteiger partial charge >= 0.3 is 0 Å². The maximum atomic E-state index is 14.1. The van der Waals surface area contributed by atoms with Crippen molar-refractivity contribution in [3.63, 3.8) is 0 Å². The van der Waals surface area contributed by atoms with E-state index >= 15 is 0 Å². The Balaban J connectivity index is 3.03. The number of hydrogen-bond acceptors (Lipinski definition) is 0. The van der Waals surface area contributed by atoms with Gasteiger partial charge in [-0.2, -0.15) is 0 Å². The van der Waals surface area contributed by atoms with Gasteiger partial charge in [0.1, 0.15) is 25.3 Å². The van der Waals surface area contributed by atoms with E-state index in [0.29, 0.717) is 0 Å². The molecule has 0 spiro atoms. The van der Waals surface area contributed by atoms with Crippen LogP contribution in [0.4, 0.5) is 30.7 Å². The number of hydrogen-bond donors (Lipinski definition) is 0. The van der Waals surface area contributed by atoms with Crippen molar-refractivity contribution in [2.45, 2.75) is 13.8 Å². The molecule has 0 aliphatic rings. The van der Waals surface area contributed by atoms with E-state index in [4.69, 9.17) is 0 Å². The second-order valence-corrected chi connectivity index (χ2v) is 4.82. The van der Waals surface area contributed by atoms with Crippen molar-refractivity contribution in [1.29, 1.82) is 0 Å². The van der Waals surface area contributed by atoms with E-state index in [1.807, 2.05) is 0 Å². The molecule has 0 nitrogen and oxygen atoms in total. The molecular weight excluding hydrogens is 312 g/mol. The maximum Gasteiger partial charge on any atom is 0.170 e. The molecule has 0 aromatic heterocycles. The molecule has 8 heteroatoms. The first-order valence-electron chi connectivity index (χ1n) is 6.07. The van der Waals surface area contributed by atoms with Gasteiger partial charge < -0.3 is 0 Å². The van der Waals surface area contributed by atoms with Crippen LogP contribution in [0, 0.1) is 54.6 Å². The maximum absolute atomic E-state index is 14.1. The predicted octanol–water partition coefficient (Wildman–Crippen LogP) is 3.20. The van der Waals surface area contributed by atoms with Gasteiger partial charge in [0.05, 0.1) is 11.1 Å². The van der Waals surface area contributed by atoms with Crippen molar-refractivity contribution in [3.8, 4) is 11.1 Å². The molecular formula is C14H8BF7. The molecule has 0 saturated heterocycles. The molecule has 0 aliphatic heterocycles. The van der Waals surface area contributed by atoms with Crippen LogP contribution in [0.25, 0.3) is 11.1 Å². The molecule has 0 heterocycles. The van der Waals surface area contributed by atoms with Crippen molar-refractivity contribution < 1.29 is 30.7 Å². The van der Waals surface area contributed by atoms with Crippen LogP contribution in [0.1, 0.15) is 11.1 Å². The summed E-state index contributed by atoms with van der Waals surface area (Å²) in [5, 5.41) is 0. The summed E-state index contributed by atoms with van der Waals surface area (Å²) in [5.74, 6) is -11.9. The monoisotopic (exact) mass is 320 g/mol. The van der Waals surface area contributed by atoms with Crippen LogP contribution in [0.2, 0.25) is 0 Å². The lowest BCUT2D eigenvalue weighted by Crippen LogP contribution is -2.20. The third-order valence-corrected chi connectivity index (χ3v) is 3.49. The Kier molecular flexibility index (Phi) is 3.97. The van der Waals surface area contributed by atoms with Gasteiger partial charge in [0.15, 0.2) is 23.3 Å². The fourth-order valence-corrected chi connectivity index (χ4v) is 2.13. The van der Waals surface area contributed by atoms with Crippen molar-refractivity contribution in [3.05, 3.63) is 51.8 Å². The largest absolute Gasteiger partial charge is 0.207 e. The van der Waals surface area contributed by atoms with Gasteiger partial charge in [0.25, 0.3) is 0 Å².